The van der Waals surface area contributed by atoms with Crippen LogP contribution in [-0.2, 0) is 0 Å². The van der Waals surface area contributed by atoms with Crippen LogP contribution in [0.2, 0.25) is 0 Å². The number of hydrogen-bond donors (Lipinski definition) is 1. The monoisotopic (exact) mass is 182 g/mol. The van der Waals surface area contributed by atoms with Crippen LogP contribution in [0.1, 0.15) is 25.3 Å². The van der Waals surface area contributed by atoms with Crippen LogP contribution in [0.4, 0.5) is 4.39 Å². The molecule has 2 heteroatoms. The number of rotatable bonds is 3. The fraction of sp³-hybridized carbons (Fsp3) is 0.455. The molecule has 0 saturated heterocycles. The van der Waals surface area contributed by atoms with Gasteiger partial charge in [-0.2, -0.15) is 0 Å². The summed E-state index contributed by atoms with van der Waals surface area (Å²) in [7, 11) is 0. The van der Waals surface area contributed by atoms with Gasteiger partial charge in [0, 0.05) is 5.92 Å². The number of aliphatic hydroxyl groups excluding tert-OH is 1. The molecular weight excluding hydrogens is 167 g/mol. The van der Waals surface area contributed by atoms with Gasteiger partial charge in [-0.25, -0.2) is 4.39 Å². The predicted molar refractivity (Wildman–Crippen MR) is 51.1 cm³/mol. The molecule has 0 fully saturated rings. The molecule has 0 heterocycles. The Morgan fingerprint density at radius 2 is 1.77 bits per heavy atom. The largest absolute Gasteiger partial charge is 0.396 e. The van der Waals surface area contributed by atoms with Crippen molar-refractivity contribution < 1.29 is 9.50 Å². The molecule has 0 aromatic heterocycles. The Balaban J connectivity index is 2.86. The summed E-state index contributed by atoms with van der Waals surface area (Å²) in [6, 6.07) is 6.33. The van der Waals surface area contributed by atoms with Gasteiger partial charge in [0.05, 0.1) is 6.61 Å². The van der Waals surface area contributed by atoms with Crippen LogP contribution in [0, 0.1) is 11.7 Å². The second kappa shape index (κ2) is 4.38. The molecule has 0 aliphatic heterocycles. The number of hydrogen-bond acceptors (Lipinski definition) is 1. The Bertz CT molecular complexity index is 253. The van der Waals surface area contributed by atoms with Crippen molar-refractivity contribution in [1.29, 1.82) is 0 Å². The van der Waals surface area contributed by atoms with E-state index in [4.69, 9.17) is 5.11 Å². The maximum atomic E-state index is 12.6. The third kappa shape index (κ3) is 2.52. The van der Waals surface area contributed by atoms with E-state index >= 15 is 0 Å². The standard InChI is InChI=1S/C11H15FO/c1-8(2)11(7-13)9-3-5-10(12)6-4-9/h3-6,8,11,13H,7H2,1-2H3. The van der Waals surface area contributed by atoms with E-state index in [1.54, 1.807) is 12.1 Å². The van der Waals surface area contributed by atoms with Gasteiger partial charge >= 0.3 is 0 Å². The minimum absolute atomic E-state index is 0.112. The summed E-state index contributed by atoms with van der Waals surface area (Å²) < 4.78 is 12.6. The Labute approximate surface area is 78.2 Å². The van der Waals surface area contributed by atoms with Crippen molar-refractivity contribution in [2.24, 2.45) is 5.92 Å². The zero-order chi connectivity index (χ0) is 9.84. The SMILES string of the molecule is CC(C)C(CO)c1ccc(F)cc1. The summed E-state index contributed by atoms with van der Waals surface area (Å²) in [6.45, 7) is 4.21. The van der Waals surface area contributed by atoms with Gasteiger partial charge in [0.1, 0.15) is 5.82 Å². The molecule has 0 amide bonds. The minimum Gasteiger partial charge on any atom is -0.396 e. The summed E-state index contributed by atoms with van der Waals surface area (Å²) >= 11 is 0. The molecular formula is C11H15FO. The first-order chi connectivity index (χ1) is 6.15. The molecule has 1 nitrogen and oxygen atoms in total. The Hall–Kier alpha value is -0.890. The van der Waals surface area contributed by atoms with Gasteiger partial charge in [-0.1, -0.05) is 26.0 Å². The van der Waals surface area contributed by atoms with E-state index in [9.17, 15) is 4.39 Å². The Kier molecular flexibility index (Phi) is 3.43. The van der Waals surface area contributed by atoms with Crippen LogP contribution in [0.3, 0.4) is 0 Å². The highest BCUT2D eigenvalue weighted by molar-refractivity contribution is 5.20. The molecule has 1 aromatic carbocycles. The molecule has 1 rings (SSSR count). The number of aliphatic hydroxyl groups is 1. The molecule has 0 bridgehead atoms. The van der Waals surface area contributed by atoms with Crippen LogP contribution in [0.15, 0.2) is 24.3 Å². The van der Waals surface area contributed by atoms with Crippen molar-refractivity contribution in [1.82, 2.24) is 0 Å². The highest BCUT2D eigenvalue weighted by atomic mass is 19.1. The van der Waals surface area contributed by atoms with Gasteiger partial charge in [-0.3, -0.25) is 0 Å². The summed E-state index contributed by atoms with van der Waals surface area (Å²) in [6.07, 6.45) is 0. The van der Waals surface area contributed by atoms with E-state index < -0.39 is 0 Å². The third-order valence-corrected chi connectivity index (χ3v) is 2.30. The zero-order valence-corrected chi connectivity index (χ0v) is 8.00. The molecule has 0 spiro atoms. The fourth-order valence-corrected chi connectivity index (χ4v) is 1.41. The molecule has 0 aliphatic rings. The van der Waals surface area contributed by atoms with Crippen molar-refractivity contribution in [2.75, 3.05) is 6.61 Å². The smallest absolute Gasteiger partial charge is 0.123 e. The Morgan fingerprint density at radius 1 is 1.23 bits per heavy atom. The third-order valence-electron chi connectivity index (χ3n) is 2.30. The lowest BCUT2D eigenvalue weighted by molar-refractivity contribution is 0.237. The normalized spacial score (nSPS) is 13.3. The van der Waals surface area contributed by atoms with Crippen molar-refractivity contribution in [3.05, 3.63) is 35.6 Å². The van der Waals surface area contributed by atoms with E-state index in [-0.39, 0.29) is 18.3 Å². The average molecular weight is 182 g/mol. The maximum Gasteiger partial charge on any atom is 0.123 e. The molecule has 0 aliphatic carbocycles. The van der Waals surface area contributed by atoms with Gasteiger partial charge in [0.25, 0.3) is 0 Å². The summed E-state index contributed by atoms with van der Waals surface area (Å²) in [4.78, 5) is 0. The van der Waals surface area contributed by atoms with Crippen molar-refractivity contribution >= 4 is 0 Å². The first-order valence-electron chi connectivity index (χ1n) is 4.51. The van der Waals surface area contributed by atoms with Crippen LogP contribution in [-0.4, -0.2) is 11.7 Å². The molecule has 1 unspecified atom stereocenters. The van der Waals surface area contributed by atoms with Crippen LogP contribution in [0.5, 0.6) is 0 Å². The van der Waals surface area contributed by atoms with Gasteiger partial charge in [0.15, 0.2) is 0 Å². The number of benzene rings is 1. The summed E-state index contributed by atoms with van der Waals surface area (Å²) in [5, 5.41) is 9.13. The van der Waals surface area contributed by atoms with Crippen LogP contribution in [0.25, 0.3) is 0 Å². The van der Waals surface area contributed by atoms with E-state index in [1.807, 2.05) is 13.8 Å². The molecule has 1 aromatic rings. The lowest BCUT2D eigenvalue weighted by Crippen LogP contribution is -2.10. The molecule has 1 atom stereocenters. The molecule has 13 heavy (non-hydrogen) atoms. The highest BCUT2D eigenvalue weighted by Crippen LogP contribution is 2.23. The first kappa shape index (κ1) is 10.2. The second-order valence-corrected chi connectivity index (χ2v) is 3.58. The number of halogens is 1. The van der Waals surface area contributed by atoms with Gasteiger partial charge in [-0.05, 0) is 23.6 Å². The molecule has 0 saturated carbocycles. The van der Waals surface area contributed by atoms with E-state index in [0.29, 0.717) is 5.92 Å². The van der Waals surface area contributed by atoms with Crippen LogP contribution < -0.4 is 0 Å². The van der Waals surface area contributed by atoms with Gasteiger partial charge in [0.2, 0.25) is 0 Å². The summed E-state index contributed by atoms with van der Waals surface area (Å²) in [5.41, 5.74) is 0.999. The Morgan fingerprint density at radius 3 is 2.15 bits per heavy atom. The molecule has 72 valence electrons. The van der Waals surface area contributed by atoms with Crippen molar-refractivity contribution in [3.63, 3.8) is 0 Å². The molecule has 1 N–H and O–H groups in total. The first-order valence-corrected chi connectivity index (χ1v) is 4.51. The lowest BCUT2D eigenvalue weighted by Gasteiger charge is -2.18. The van der Waals surface area contributed by atoms with Crippen molar-refractivity contribution in [3.8, 4) is 0 Å². The van der Waals surface area contributed by atoms with E-state index in [2.05, 4.69) is 0 Å². The zero-order valence-electron chi connectivity index (χ0n) is 8.00. The quantitative estimate of drug-likeness (QED) is 0.761. The van der Waals surface area contributed by atoms with Crippen LogP contribution >= 0.6 is 0 Å². The van der Waals surface area contributed by atoms with Gasteiger partial charge < -0.3 is 5.11 Å². The topological polar surface area (TPSA) is 20.2 Å². The highest BCUT2D eigenvalue weighted by Gasteiger charge is 2.13. The minimum atomic E-state index is -0.232. The second-order valence-electron chi connectivity index (χ2n) is 3.58. The predicted octanol–water partition coefficient (Wildman–Crippen LogP) is 2.56. The van der Waals surface area contributed by atoms with E-state index in [1.165, 1.54) is 12.1 Å². The fourth-order valence-electron chi connectivity index (χ4n) is 1.41. The summed E-state index contributed by atoms with van der Waals surface area (Å²) in [5.74, 6) is 0.250. The lowest BCUT2D eigenvalue weighted by atomic mass is 9.89. The van der Waals surface area contributed by atoms with Crippen molar-refractivity contribution in [2.45, 2.75) is 19.8 Å². The molecule has 0 radical (unpaired) electrons. The van der Waals surface area contributed by atoms with E-state index in [0.717, 1.165) is 5.56 Å². The van der Waals surface area contributed by atoms with Gasteiger partial charge in [-0.15, -0.1) is 0 Å². The average Bonchev–Trinajstić information content (AvgIpc) is 2.09. The maximum absolute atomic E-state index is 12.6.